The lowest BCUT2D eigenvalue weighted by Crippen LogP contribution is -2.37. The average molecular weight is 476 g/mol. The molecule has 2 aromatic rings. The van der Waals surface area contributed by atoms with Crippen LogP contribution in [0.3, 0.4) is 0 Å². The minimum Gasteiger partial charge on any atom is -0.451 e. The summed E-state index contributed by atoms with van der Waals surface area (Å²) in [6, 6.07) is 8.34. The minimum absolute atomic E-state index is 0.175. The molecule has 170 valence electrons. The summed E-state index contributed by atoms with van der Waals surface area (Å²) in [6.07, 6.45) is 0. The van der Waals surface area contributed by atoms with Gasteiger partial charge in [-0.05, 0) is 55.4 Å². The van der Waals surface area contributed by atoms with Gasteiger partial charge in [-0.3, -0.25) is 10.0 Å². The predicted octanol–water partition coefficient (Wildman–Crippen LogP) is 3.80. The summed E-state index contributed by atoms with van der Waals surface area (Å²) in [5.74, 6) is -2.72. The standard InChI is InChI=1S/C20H24ClF2N3O4S/c1-25(9-10-29-2)7-8-26(13-19(27)24-28)31-16-11-17(22)20(18(23)12-16)30-15-5-3-14(21)4-6-15/h3-6,11-12,28H,7-10,13H2,1-2H3,(H,24,27). The Hall–Kier alpha value is -1.95. The van der Waals surface area contributed by atoms with Gasteiger partial charge in [-0.2, -0.15) is 0 Å². The Balaban J connectivity index is 2.10. The number of hydrogen-bond acceptors (Lipinski definition) is 7. The Morgan fingerprint density at radius 2 is 1.81 bits per heavy atom. The largest absolute Gasteiger partial charge is 0.451 e. The highest BCUT2D eigenvalue weighted by atomic mass is 35.5. The second-order valence-electron chi connectivity index (χ2n) is 6.56. The summed E-state index contributed by atoms with van der Waals surface area (Å²) in [5, 5.41) is 9.29. The maximum absolute atomic E-state index is 14.5. The van der Waals surface area contributed by atoms with Crippen molar-refractivity contribution in [2.24, 2.45) is 0 Å². The van der Waals surface area contributed by atoms with Crippen LogP contribution in [0.2, 0.25) is 5.02 Å². The fraction of sp³-hybridized carbons (Fsp3) is 0.350. The molecule has 0 aliphatic heterocycles. The number of methoxy groups -OCH3 is 1. The van der Waals surface area contributed by atoms with Gasteiger partial charge in [0.05, 0.1) is 13.2 Å². The monoisotopic (exact) mass is 475 g/mol. The third-order valence-corrected chi connectivity index (χ3v) is 5.36. The fourth-order valence-electron chi connectivity index (χ4n) is 2.45. The summed E-state index contributed by atoms with van der Waals surface area (Å²) in [6.45, 7) is 2.02. The van der Waals surface area contributed by atoms with E-state index < -0.39 is 23.3 Å². The highest BCUT2D eigenvalue weighted by Crippen LogP contribution is 2.33. The van der Waals surface area contributed by atoms with E-state index in [0.717, 1.165) is 24.1 Å². The molecular weight excluding hydrogens is 452 g/mol. The van der Waals surface area contributed by atoms with Crippen molar-refractivity contribution in [3.8, 4) is 11.5 Å². The number of halogens is 3. The molecule has 31 heavy (non-hydrogen) atoms. The summed E-state index contributed by atoms with van der Waals surface area (Å²) in [4.78, 5) is 13.8. The van der Waals surface area contributed by atoms with Crippen molar-refractivity contribution in [3.63, 3.8) is 0 Å². The molecule has 0 saturated carbocycles. The van der Waals surface area contributed by atoms with Gasteiger partial charge in [0.2, 0.25) is 0 Å². The third kappa shape index (κ3) is 8.60. The molecular formula is C20H24ClF2N3O4S. The summed E-state index contributed by atoms with van der Waals surface area (Å²) < 4.78 is 41.0. The van der Waals surface area contributed by atoms with Crippen LogP contribution in [0.15, 0.2) is 41.3 Å². The van der Waals surface area contributed by atoms with Crippen LogP contribution in [0.25, 0.3) is 0 Å². The van der Waals surface area contributed by atoms with Gasteiger partial charge in [0.15, 0.2) is 17.4 Å². The number of carbonyl (C=O) groups is 1. The lowest BCUT2D eigenvalue weighted by atomic mass is 10.3. The lowest BCUT2D eigenvalue weighted by Gasteiger charge is -2.24. The Labute approximate surface area is 189 Å². The molecule has 0 heterocycles. The molecule has 0 aliphatic rings. The molecule has 0 atom stereocenters. The number of hydroxylamine groups is 1. The summed E-state index contributed by atoms with van der Waals surface area (Å²) in [7, 11) is 3.49. The van der Waals surface area contributed by atoms with Gasteiger partial charge in [-0.25, -0.2) is 18.6 Å². The SMILES string of the molecule is COCCN(C)CCN(CC(=O)NO)Sc1cc(F)c(Oc2ccc(Cl)cc2)c(F)c1. The third-order valence-electron chi connectivity index (χ3n) is 4.09. The van der Waals surface area contributed by atoms with E-state index in [9.17, 15) is 13.6 Å². The molecule has 11 heteroatoms. The predicted molar refractivity (Wildman–Crippen MR) is 115 cm³/mol. The Bertz CT molecular complexity index is 838. The van der Waals surface area contributed by atoms with Gasteiger partial charge in [0, 0.05) is 36.7 Å². The van der Waals surface area contributed by atoms with E-state index in [1.807, 2.05) is 11.9 Å². The quantitative estimate of drug-likeness (QED) is 0.275. The smallest absolute Gasteiger partial charge is 0.258 e. The molecule has 0 aliphatic carbocycles. The minimum atomic E-state index is -0.888. The van der Waals surface area contributed by atoms with Gasteiger partial charge >= 0.3 is 0 Å². The van der Waals surface area contributed by atoms with Crippen LogP contribution in [-0.2, 0) is 9.53 Å². The summed E-state index contributed by atoms with van der Waals surface area (Å²) in [5.41, 5.74) is 1.56. The Kier molecular flexibility index (Phi) is 10.4. The van der Waals surface area contributed by atoms with Gasteiger partial charge in [-0.15, -0.1) is 0 Å². The van der Waals surface area contributed by atoms with E-state index in [0.29, 0.717) is 31.3 Å². The average Bonchev–Trinajstić information content (AvgIpc) is 2.74. The zero-order chi connectivity index (χ0) is 22.8. The van der Waals surface area contributed by atoms with E-state index in [1.165, 1.54) is 12.1 Å². The molecule has 7 nitrogen and oxygen atoms in total. The van der Waals surface area contributed by atoms with Crippen LogP contribution in [-0.4, -0.2) is 67.3 Å². The number of rotatable bonds is 12. The number of benzene rings is 2. The Morgan fingerprint density at radius 3 is 2.39 bits per heavy atom. The topological polar surface area (TPSA) is 74.3 Å². The maximum Gasteiger partial charge on any atom is 0.258 e. The first-order valence-electron chi connectivity index (χ1n) is 9.28. The zero-order valence-corrected chi connectivity index (χ0v) is 18.7. The highest BCUT2D eigenvalue weighted by Gasteiger charge is 2.18. The van der Waals surface area contributed by atoms with E-state index in [1.54, 1.807) is 29.0 Å². The van der Waals surface area contributed by atoms with Crippen LogP contribution in [0, 0.1) is 11.6 Å². The molecule has 0 radical (unpaired) electrons. The number of carbonyl (C=O) groups excluding carboxylic acids is 1. The van der Waals surface area contributed by atoms with Crippen LogP contribution >= 0.6 is 23.5 Å². The number of ether oxygens (including phenoxy) is 2. The van der Waals surface area contributed by atoms with Crippen molar-refractivity contribution in [1.82, 2.24) is 14.7 Å². The molecule has 0 bridgehead atoms. The number of likely N-dealkylation sites (N-methyl/N-ethyl adjacent to an activating group) is 1. The number of nitrogens with one attached hydrogen (secondary N) is 1. The van der Waals surface area contributed by atoms with Crippen LogP contribution < -0.4 is 10.2 Å². The second kappa shape index (κ2) is 12.8. The number of amides is 1. The number of nitrogens with zero attached hydrogens (tertiary/aromatic N) is 2. The van der Waals surface area contributed by atoms with Gasteiger partial charge < -0.3 is 14.4 Å². The van der Waals surface area contributed by atoms with E-state index >= 15 is 0 Å². The van der Waals surface area contributed by atoms with Crippen molar-refractivity contribution in [2.75, 3.05) is 46.9 Å². The number of hydrogen-bond donors (Lipinski definition) is 2. The van der Waals surface area contributed by atoms with Crippen molar-refractivity contribution < 1.29 is 28.3 Å². The highest BCUT2D eigenvalue weighted by molar-refractivity contribution is 7.97. The van der Waals surface area contributed by atoms with Crippen LogP contribution in [0.5, 0.6) is 11.5 Å². The molecule has 0 fully saturated rings. The van der Waals surface area contributed by atoms with Crippen molar-refractivity contribution in [3.05, 3.63) is 53.1 Å². The Morgan fingerprint density at radius 1 is 1.16 bits per heavy atom. The molecule has 0 aromatic heterocycles. The van der Waals surface area contributed by atoms with Crippen molar-refractivity contribution >= 4 is 29.5 Å². The zero-order valence-electron chi connectivity index (χ0n) is 17.1. The molecule has 0 unspecified atom stereocenters. The van der Waals surface area contributed by atoms with Crippen LogP contribution in [0.1, 0.15) is 0 Å². The second-order valence-corrected chi connectivity index (χ2v) is 8.16. The molecule has 0 saturated heterocycles. The molecule has 2 N–H and O–H groups in total. The van der Waals surface area contributed by atoms with Crippen LogP contribution in [0.4, 0.5) is 8.78 Å². The lowest BCUT2D eigenvalue weighted by molar-refractivity contribution is -0.129. The summed E-state index contributed by atoms with van der Waals surface area (Å²) >= 11 is 6.79. The first-order valence-corrected chi connectivity index (χ1v) is 10.4. The fourth-order valence-corrected chi connectivity index (χ4v) is 3.54. The molecule has 1 amide bonds. The van der Waals surface area contributed by atoms with E-state index in [4.69, 9.17) is 26.3 Å². The first kappa shape index (κ1) is 25.3. The molecule has 0 spiro atoms. The van der Waals surface area contributed by atoms with Gasteiger partial charge in [0.1, 0.15) is 5.75 Å². The first-order chi connectivity index (χ1) is 14.8. The van der Waals surface area contributed by atoms with Crippen molar-refractivity contribution in [2.45, 2.75) is 4.90 Å². The molecule has 2 aromatic carbocycles. The van der Waals surface area contributed by atoms with E-state index in [-0.39, 0.29) is 17.2 Å². The van der Waals surface area contributed by atoms with Gasteiger partial charge in [0.25, 0.3) is 5.91 Å². The van der Waals surface area contributed by atoms with E-state index in [2.05, 4.69) is 0 Å². The van der Waals surface area contributed by atoms with Gasteiger partial charge in [-0.1, -0.05) is 11.6 Å². The maximum atomic E-state index is 14.5. The normalized spacial score (nSPS) is 11.2. The van der Waals surface area contributed by atoms with Crippen molar-refractivity contribution in [1.29, 1.82) is 0 Å². The molecule has 2 rings (SSSR count).